The summed E-state index contributed by atoms with van der Waals surface area (Å²) >= 11 is 4.25. The lowest BCUT2D eigenvalue weighted by Crippen LogP contribution is -1.99. The first kappa shape index (κ1) is 11.5. The Morgan fingerprint density at radius 2 is 2.07 bits per heavy atom. The van der Waals surface area contributed by atoms with Gasteiger partial charge in [0.2, 0.25) is 0 Å². The van der Waals surface area contributed by atoms with Crippen LogP contribution in [0.1, 0.15) is 5.56 Å². The highest BCUT2D eigenvalue weighted by Gasteiger charge is 2.29. The SMILES string of the molecule is FC(F)(F)Sc1cccc(CN=S)c1. The maximum absolute atomic E-state index is 12.0. The summed E-state index contributed by atoms with van der Waals surface area (Å²) in [6.07, 6.45) is 0. The Kier molecular flexibility index (Phi) is 3.88. The van der Waals surface area contributed by atoms with Gasteiger partial charge in [-0.3, -0.25) is 0 Å². The van der Waals surface area contributed by atoms with Crippen LogP contribution in [-0.2, 0) is 19.0 Å². The molecule has 0 aromatic heterocycles. The van der Waals surface area contributed by atoms with Crippen molar-refractivity contribution in [1.82, 2.24) is 0 Å². The van der Waals surface area contributed by atoms with Crippen LogP contribution in [0.4, 0.5) is 13.2 Å². The van der Waals surface area contributed by atoms with Crippen molar-refractivity contribution in [1.29, 1.82) is 0 Å². The van der Waals surface area contributed by atoms with Crippen LogP contribution in [0, 0.1) is 0 Å². The number of benzene rings is 1. The highest BCUT2D eigenvalue weighted by molar-refractivity contribution is 8.00. The van der Waals surface area contributed by atoms with Gasteiger partial charge in [-0.1, -0.05) is 12.1 Å². The van der Waals surface area contributed by atoms with Gasteiger partial charge in [-0.15, -0.1) is 0 Å². The Labute approximate surface area is 88.9 Å². The normalized spacial score (nSPS) is 11.4. The third-order valence-electron chi connectivity index (χ3n) is 1.38. The van der Waals surface area contributed by atoms with E-state index >= 15 is 0 Å². The topological polar surface area (TPSA) is 12.4 Å². The molecule has 0 heterocycles. The van der Waals surface area contributed by atoms with E-state index in [1.807, 2.05) is 0 Å². The first-order valence-corrected chi connectivity index (χ1v) is 4.83. The molecular weight excluding hydrogens is 231 g/mol. The zero-order valence-corrected chi connectivity index (χ0v) is 8.55. The van der Waals surface area contributed by atoms with Crippen LogP contribution in [0.3, 0.4) is 0 Å². The van der Waals surface area contributed by atoms with E-state index in [1.54, 1.807) is 12.1 Å². The summed E-state index contributed by atoms with van der Waals surface area (Å²) in [7, 11) is 0. The third kappa shape index (κ3) is 4.06. The number of nitrogens with zero attached hydrogens (tertiary/aromatic N) is 1. The lowest BCUT2D eigenvalue weighted by atomic mass is 10.2. The van der Waals surface area contributed by atoms with E-state index < -0.39 is 5.51 Å². The van der Waals surface area contributed by atoms with E-state index in [0.29, 0.717) is 5.56 Å². The van der Waals surface area contributed by atoms with Gasteiger partial charge in [-0.2, -0.15) is 13.2 Å². The van der Waals surface area contributed by atoms with Crippen molar-refractivity contribution in [3.63, 3.8) is 0 Å². The van der Waals surface area contributed by atoms with Crippen molar-refractivity contribution < 1.29 is 13.2 Å². The Morgan fingerprint density at radius 1 is 1.36 bits per heavy atom. The van der Waals surface area contributed by atoms with Crippen molar-refractivity contribution in [2.75, 3.05) is 0 Å². The fraction of sp³-hybridized carbons (Fsp3) is 0.250. The van der Waals surface area contributed by atoms with Crippen LogP contribution in [0.5, 0.6) is 0 Å². The average Bonchev–Trinajstić information content (AvgIpc) is 2.02. The molecule has 1 rings (SSSR count). The Hall–Kier alpha value is -0.620. The molecule has 0 spiro atoms. The molecule has 1 aromatic rings. The Bertz CT molecular complexity index is 325. The van der Waals surface area contributed by atoms with E-state index in [4.69, 9.17) is 0 Å². The maximum atomic E-state index is 12.0. The van der Waals surface area contributed by atoms with Crippen LogP contribution in [0.25, 0.3) is 0 Å². The molecule has 0 aliphatic carbocycles. The van der Waals surface area contributed by atoms with Gasteiger partial charge in [0.1, 0.15) is 0 Å². The van der Waals surface area contributed by atoms with Crippen molar-refractivity contribution in [3.8, 4) is 0 Å². The molecule has 0 aliphatic heterocycles. The fourth-order valence-electron chi connectivity index (χ4n) is 0.915. The zero-order chi connectivity index (χ0) is 10.6. The molecule has 0 fully saturated rings. The smallest absolute Gasteiger partial charge is 0.215 e. The van der Waals surface area contributed by atoms with Crippen molar-refractivity contribution in [3.05, 3.63) is 29.8 Å². The minimum Gasteiger partial charge on any atom is -0.215 e. The summed E-state index contributed by atoms with van der Waals surface area (Å²) in [5, 5.41) is 0. The summed E-state index contributed by atoms with van der Waals surface area (Å²) in [5.41, 5.74) is -3.56. The minimum absolute atomic E-state index is 0.135. The molecule has 14 heavy (non-hydrogen) atoms. The molecule has 6 heteroatoms. The quantitative estimate of drug-likeness (QED) is 0.746. The number of alkyl halides is 3. The van der Waals surface area contributed by atoms with Gasteiger partial charge >= 0.3 is 5.51 Å². The molecule has 0 saturated carbocycles. The molecule has 76 valence electrons. The highest BCUT2D eigenvalue weighted by atomic mass is 32.2. The second kappa shape index (κ2) is 4.75. The van der Waals surface area contributed by atoms with Crippen LogP contribution in [-0.4, -0.2) is 5.51 Å². The standard InChI is InChI=1S/C8H6F3NS2/c9-8(10,11)14-7-3-1-2-6(4-7)5-12-13/h1-4H,5H2. The maximum Gasteiger partial charge on any atom is 0.446 e. The monoisotopic (exact) mass is 237 g/mol. The van der Waals surface area contributed by atoms with E-state index in [-0.39, 0.29) is 23.2 Å². The van der Waals surface area contributed by atoms with Gasteiger partial charge in [0.05, 0.1) is 6.54 Å². The predicted molar refractivity (Wildman–Crippen MR) is 51.9 cm³/mol. The average molecular weight is 237 g/mol. The first-order valence-electron chi connectivity index (χ1n) is 3.65. The predicted octanol–water partition coefficient (Wildman–Crippen LogP) is 3.53. The van der Waals surface area contributed by atoms with Crippen molar-refractivity contribution in [2.24, 2.45) is 4.36 Å². The van der Waals surface area contributed by atoms with Crippen LogP contribution >= 0.6 is 11.8 Å². The van der Waals surface area contributed by atoms with E-state index in [0.717, 1.165) is 0 Å². The molecule has 0 aliphatic rings. The number of hydrogen-bond donors (Lipinski definition) is 0. The molecule has 0 saturated heterocycles. The lowest BCUT2D eigenvalue weighted by molar-refractivity contribution is -0.0328. The summed E-state index contributed by atoms with van der Waals surface area (Å²) in [4.78, 5) is 0.161. The highest BCUT2D eigenvalue weighted by Crippen LogP contribution is 2.36. The van der Waals surface area contributed by atoms with Crippen molar-refractivity contribution >= 4 is 24.2 Å². The molecule has 0 N–H and O–H groups in total. The Balaban J connectivity index is 2.78. The summed E-state index contributed by atoms with van der Waals surface area (Å²) in [5.74, 6) is 0. The number of thioether (sulfide) groups is 1. The van der Waals surface area contributed by atoms with E-state index in [1.165, 1.54) is 12.1 Å². The molecule has 0 unspecified atom stereocenters. The fourth-order valence-corrected chi connectivity index (χ4v) is 1.69. The minimum atomic E-state index is -4.25. The molecule has 0 bridgehead atoms. The largest absolute Gasteiger partial charge is 0.446 e. The van der Waals surface area contributed by atoms with Gasteiger partial charge in [0, 0.05) is 17.3 Å². The van der Waals surface area contributed by atoms with Gasteiger partial charge < -0.3 is 0 Å². The van der Waals surface area contributed by atoms with Crippen LogP contribution in [0.2, 0.25) is 0 Å². The summed E-state index contributed by atoms with van der Waals surface area (Å²) < 4.78 is 39.4. The molecule has 0 atom stereocenters. The molecule has 0 amide bonds. The second-order valence-electron chi connectivity index (χ2n) is 2.48. The summed E-state index contributed by atoms with van der Waals surface area (Å²) in [6.45, 7) is 0.265. The van der Waals surface area contributed by atoms with E-state index in [9.17, 15) is 13.2 Å². The van der Waals surface area contributed by atoms with Gasteiger partial charge in [0.25, 0.3) is 0 Å². The van der Waals surface area contributed by atoms with Gasteiger partial charge in [-0.25, -0.2) is 4.36 Å². The van der Waals surface area contributed by atoms with E-state index in [2.05, 4.69) is 16.8 Å². The van der Waals surface area contributed by atoms with Crippen LogP contribution < -0.4 is 0 Å². The number of hydrogen-bond acceptors (Lipinski definition) is 3. The Morgan fingerprint density at radius 3 is 2.64 bits per heavy atom. The number of rotatable bonds is 3. The second-order valence-corrected chi connectivity index (χ2v) is 3.88. The summed E-state index contributed by atoms with van der Waals surface area (Å²) in [6, 6.07) is 6.10. The van der Waals surface area contributed by atoms with Crippen molar-refractivity contribution in [2.45, 2.75) is 16.9 Å². The number of halogens is 3. The first-order chi connectivity index (χ1) is 6.51. The third-order valence-corrected chi connectivity index (χ3v) is 2.23. The lowest BCUT2D eigenvalue weighted by Gasteiger charge is -2.05. The zero-order valence-electron chi connectivity index (χ0n) is 6.91. The van der Waals surface area contributed by atoms with Gasteiger partial charge in [-0.05, 0) is 29.5 Å². The molecular formula is C8H6F3NS2. The van der Waals surface area contributed by atoms with Crippen LogP contribution in [0.15, 0.2) is 33.5 Å². The molecule has 1 nitrogen and oxygen atoms in total. The van der Waals surface area contributed by atoms with Gasteiger partial charge in [0.15, 0.2) is 0 Å². The molecule has 0 radical (unpaired) electrons. The molecule has 1 aromatic carbocycles.